The number of Topliss-reactive ketones (excluding diaryl/α,β-unsaturated/α-hetero) is 1. The number of nitrogens with two attached hydrogens (primary N) is 1. The van der Waals surface area contributed by atoms with Gasteiger partial charge in [-0.2, -0.15) is 0 Å². The summed E-state index contributed by atoms with van der Waals surface area (Å²) < 4.78 is 0. The molecule has 0 heterocycles. The van der Waals surface area contributed by atoms with Crippen molar-refractivity contribution in [3.63, 3.8) is 0 Å². The van der Waals surface area contributed by atoms with Gasteiger partial charge in [0.25, 0.3) is 0 Å². The summed E-state index contributed by atoms with van der Waals surface area (Å²) in [6, 6.07) is 0.226. The van der Waals surface area contributed by atoms with Crippen LogP contribution in [-0.4, -0.2) is 28.8 Å². The molecule has 2 aliphatic rings. The number of carbonyl (C=O) groups is 2. The summed E-state index contributed by atoms with van der Waals surface area (Å²) in [5.74, 6) is 0.328. The zero-order valence-corrected chi connectivity index (χ0v) is 10.4. The minimum absolute atomic E-state index is 0.202. The molecule has 0 atom stereocenters. The van der Waals surface area contributed by atoms with Gasteiger partial charge in [0.15, 0.2) is 0 Å². The molecule has 0 aromatic rings. The van der Waals surface area contributed by atoms with Crippen LogP contribution < -0.4 is 5.73 Å². The molecule has 0 spiro atoms. The smallest absolute Gasteiger partial charge is 0.315 e. The Labute approximate surface area is 103 Å². The summed E-state index contributed by atoms with van der Waals surface area (Å²) in [7, 11) is 0. The van der Waals surface area contributed by atoms with E-state index in [0.29, 0.717) is 24.7 Å². The third kappa shape index (κ3) is 2.99. The van der Waals surface area contributed by atoms with E-state index in [1.165, 1.54) is 19.3 Å². The molecule has 17 heavy (non-hydrogen) atoms. The topological polar surface area (TPSA) is 63.4 Å². The number of urea groups is 1. The first-order valence-electron chi connectivity index (χ1n) is 6.78. The Kier molecular flexibility index (Phi) is 4.02. The minimum Gasteiger partial charge on any atom is -0.351 e. The summed E-state index contributed by atoms with van der Waals surface area (Å²) in [6.07, 6.45) is 8.64. The quantitative estimate of drug-likeness (QED) is 0.801. The highest BCUT2D eigenvalue weighted by atomic mass is 16.2. The summed E-state index contributed by atoms with van der Waals surface area (Å²) in [5.41, 5.74) is 5.54. The fraction of sp³-hybridized carbons (Fsp3) is 0.846. The second-order valence-electron chi connectivity index (χ2n) is 5.31. The van der Waals surface area contributed by atoms with E-state index in [4.69, 9.17) is 5.73 Å². The van der Waals surface area contributed by atoms with Crippen molar-refractivity contribution in [2.45, 2.75) is 69.9 Å². The number of primary amides is 1. The third-order valence-corrected chi connectivity index (χ3v) is 4.13. The van der Waals surface area contributed by atoms with E-state index >= 15 is 0 Å². The SMILES string of the molecule is NC(=O)N(C1CCCCC1)C1CCC(=O)CC1. The van der Waals surface area contributed by atoms with Crippen molar-refractivity contribution in [3.05, 3.63) is 0 Å². The lowest BCUT2D eigenvalue weighted by molar-refractivity contribution is -0.121. The van der Waals surface area contributed by atoms with Gasteiger partial charge in [0.2, 0.25) is 0 Å². The van der Waals surface area contributed by atoms with E-state index in [0.717, 1.165) is 25.7 Å². The number of amides is 2. The molecule has 0 aromatic carbocycles. The molecule has 2 aliphatic carbocycles. The van der Waals surface area contributed by atoms with Crippen molar-refractivity contribution < 1.29 is 9.59 Å². The second kappa shape index (κ2) is 5.52. The van der Waals surface area contributed by atoms with Crippen LogP contribution in [0.4, 0.5) is 4.79 Å². The molecule has 2 saturated carbocycles. The Balaban J connectivity index is 2.00. The Bertz CT molecular complexity index is 288. The van der Waals surface area contributed by atoms with Gasteiger partial charge in [-0.3, -0.25) is 4.79 Å². The number of hydrogen-bond acceptors (Lipinski definition) is 2. The van der Waals surface area contributed by atoms with Crippen LogP contribution in [0.1, 0.15) is 57.8 Å². The van der Waals surface area contributed by atoms with E-state index in [9.17, 15) is 9.59 Å². The van der Waals surface area contributed by atoms with E-state index in [2.05, 4.69) is 0 Å². The van der Waals surface area contributed by atoms with Crippen LogP contribution in [0.3, 0.4) is 0 Å². The molecule has 2 rings (SSSR count). The fourth-order valence-electron chi connectivity index (χ4n) is 3.22. The van der Waals surface area contributed by atoms with Gasteiger partial charge < -0.3 is 10.6 Å². The Morgan fingerprint density at radius 1 is 1.00 bits per heavy atom. The number of nitrogens with zero attached hydrogens (tertiary/aromatic N) is 1. The lowest BCUT2D eigenvalue weighted by atomic mass is 9.88. The molecule has 0 aliphatic heterocycles. The first kappa shape index (κ1) is 12.4. The molecule has 0 radical (unpaired) electrons. The van der Waals surface area contributed by atoms with Crippen LogP contribution in [0, 0.1) is 0 Å². The molecule has 0 saturated heterocycles. The third-order valence-electron chi connectivity index (χ3n) is 4.13. The van der Waals surface area contributed by atoms with Gasteiger partial charge in [-0.15, -0.1) is 0 Å². The van der Waals surface area contributed by atoms with Gasteiger partial charge in [-0.05, 0) is 25.7 Å². The number of hydrogen-bond donors (Lipinski definition) is 1. The van der Waals surface area contributed by atoms with Gasteiger partial charge >= 0.3 is 6.03 Å². The molecule has 2 N–H and O–H groups in total. The Hall–Kier alpha value is -1.06. The molecule has 96 valence electrons. The molecule has 4 nitrogen and oxygen atoms in total. The Morgan fingerprint density at radius 3 is 2.06 bits per heavy atom. The molecule has 0 aromatic heterocycles. The summed E-state index contributed by atoms with van der Waals surface area (Å²) >= 11 is 0. The maximum Gasteiger partial charge on any atom is 0.315 e. The highest BCUT2D eigenvalue weighted by Crippen LogP contribution is 2.28. The van der Waals surface area contributed by atoms with Crippen molar-refractivity contribution >= 4 is 11.8 Å². The zero-order chi connectivity index (χ0) is 12.3. The first-order valence-corrected chi connectivity index (χ1v) is 6.78. The van der Waals surface area contributed by atoms with Crippen molar-refractivity contribution in [1.29, 1.82) is 0 Å². The number of ketones is 1. The van der Waals surface area contributed by atoms with Crippen LogP contribution in [0.5, 0.6) is 0 Å². The van der Waals surface area contributed by atoms with E-state index in [-0.39, 0.29) is 12.1 Å². The van der Waals surface area contributed by atoms with Crippen molar-refractivity contribution in [3.8, 4) is 0 Å². The number of rotatable bonds is 2. The molecular weight excluding hydrogens is 216 g/mol. The largest absolute Gasteiger partial charge is 0.351 e. The lowest BCUT2D eigenvalue weighted by Crippen LogP contribution is -2.51. The van der Waals surface area contributed by atoms with E-state index in [1.807, 2.05) is 4.90 Å². The van der Waals surface area contributed by atoms with Gasteiger partial charge in [0.05, 0.1) is 0 Å². The fourth-order valence-corrected chi connectivity index (χ4v) is 3.22. The van der Waals surface area contributed by atoms with Crippen LogP contribution >= 0.6 is 0 Å². The van der Waals surface area contributed by atoms with Gasteiger partial charge in [-0.25, -0.2) is 4.79 Å². The van der Waals surface area contributed by atoms with E-state index < -0.39 is 0 Å². The summed E-state index contributed by atoms with van der Waals surface area (Å²) in [4.78, 5) is 24.8. The monoisotopic (exact) mass is 238 g/mol. The predicted octanol–water partition coefficient (Wildman–Crippen LogP) is 2.21. The van der Waals surface area contributed by atoms with Crippen LogP contribution in [0.15, 0.2) is 0 Å². The molecule has 4 heteroatoms. The van der Waals surface area contributed by atoms with Crippen molar-refractivity contribution in [2.75, 3.05) is 0 Å². The predicted molar refractivity (Wildman–Crippen MR) is 65.6 cm³/mol. The first-order chi connectivity index (χ1) is 8.18. The van der Waals surface area contributed by atoms with E-state index in [1.54, 1.807) is 0 Å². The van der Waals surface area contributed by atoms with Crippen molar-refractivity contribution in [2.24, 2.45) is 5.73 Å². The standard InChI is InChI=1S/C13H22N2O2/c14-13(17)15(10-4-2-1-3-5-10)11-6-8-12(16)9-7-11/h10-11H,1-9H2,(H2,14,17). The molecular formula is C13H22N2O2. The summed E-state index contributed by atoms with van der Waals surface area (Å²) in [5, 5.41) is 0. The lowest BCUT2D eigenvalue weighted by Gasteiger charge is -2.40. The highest BCUT2D eigenvalue weighted by molar-refractivity contribution is 5.80. The second-order valence-corrected chi connectivity index (χ2v) is 5.31. The maximum absolute atomic E-state index is 11.6. The number of carbonyl (C=O) groups excluding carboxylic acids is 2. The average molecular weight is 238 g/mol. The van der Waals surface area contributed by atoms with Gasteiger partial charge in [0, 0.05) is 24.9 Å². The van der Waals surface area contributed by atoms with Crippen molar-refractivity contribution in [1.82, 2.24) is 4.90 Å². The van der Waals surface area contributed by atoms with Gasteiger partial charge in [-0.1, -0.05) is 19.3 Å². The molecule has 2 amide bonds. The van der Waals surface area contributed by atoms with Gasteiger partial charge in [0.1, 0.15) is 5.78 Å². The normalized spacial score (nSPS) is 23.6. The molecule has 2 fully saturated rings. The molecule has 0 unspecified atom stereocenters. The highest BCUT2D eigenvalue weighted by Gasteiger charge is 2.32. The average Bonchev–Trinajstić information content (AvgIpc) is 2.33. The molecule has 0 bridgehead atoms. The summed E-state index contributed by atoms with van der Waals surface area (Å²) in [6.45, 7) is 0. The van der Waals surface area contributed by atoms with Crippen LogP contribution in [0.2, 0.25) is 0 Å². The minimum atomic E-state index is -0.295. The Morgan fingerprint density at radius 2 is 1.53 bits per heavy atom. The maximum atomic E-state index is 11.6. The van der Waals surface area contributed by atoms with Crippen LogP contribution in [-0.2, 0) is 4.79 Å². The van der Waals surface area contributed by atoms with Crippen LogP contribution in [0.25, 0.3) is 0 Å². The zero-order valence-electron chi connectivity index (χ0n) is 10.4.